The number of ether oxygens (including phenoxy) is 1. The Morgan fingerprint density at radius 1 is 1.25 bits per heavy atom. The van der Waals surface area contributed by atoms with Gasteiger partial charge in [0.25, 0.3) is 0 Å². The predicted octanol–water partition coefficient (Wildman–Crippen LogP) is 4.77. The summed E-state index contributed by atoms with van der Waals surface area (Å²) in [6.07, 6.45) is -3.56. The molecule has 174 valence electrons. The molecular weight excluding hydrogens is 522 g/mol. The van der Waals surface area contributed by atoms with Crippen LogP contribution in [0.1, 0.15) is 35.6 Å². The van der Waals surface area contributed by atoms with Crippen molar-refractivity contribution in [2.75, 3.05) is 13.7 Å². The number of hydrogen-bond acceptors (Lipinski definition) is 4. The van der Waals surface area contributed by atoms with Gasteiger partial charge in [0.2, 0.25) is 10.0 Å². The van der Waals surface area contributed by atoms with E-state index in [1.54, 1.807) is 0 Å². The molecule has 0 fully saturated rings. The highest BCUT2D eigenvalue weighted by Crippen LogP contribution is 2.41. The first-order valence-electron chi connectivity index (χ1n) is 9.33. The van der Waals surface area contributed by atoms with Crippen LogP contribution in [0.4, 0.5) is 17.6 Å². The second kappa shape index (κ2) is 8.99. The zero-order chi connectivity index (χ0) is 23.8. The average molecular weight is 540 g/mol. The Morgan fingerprint density at radius 3 is 2.56 bits per heavy atom. The van der Waals surface area contributed by atoms with Crippen LogP contribution in [0.5, 0.6) is 5.75 Å². The monoisotopic (exact) mass is 539 g/mol. The van der Waals surface area contributed by atoms with E-state index in [2.05, 4.69) is 15.9 Å². The van der Waals surface area contributed by atoms with Crippen molar-refractivity contribution in [1.82, 2.24) is 4.31 Å². The number of aliphatic carboxylic acids is 1. The smallest absolute Gasteiger partial charge is 0.416 e. The van der Waals surface area contributed by atoms with Gasteiger partial charge in [-0.15, -0.1) is 0 Å². The second-order valence-electron chi connectivity index (χ2n) is 7.26. The highest BCUT2D eigenvalue weighted by Gasteiger charge is 2.36. The summed E-state index contributed by atoms with van der Waals surface area (Å²) in [6.45, 7) is -0.701. The number of fused-ring (bicyclic) bond motifs is 1. The molecule has 0 spiro atoms. The fraction of sp³-hybridized carbons (Fsp3) is 0.350. The number of halogens is 5. The number of carboxylic acid groups (broad SMARTS) is 1. The molecule has 1 N–H and O–H groups in total. The fourth-order valence-corrected chi connectivity index (χ4v) is 5.76. The van der Waals surface area contributed by atoms with Crippen molar-refractivity contribution in [3.05, 3.63) is 57.3 Å². The number of hydrogen-bond donors (Lipinski definition) is 1. The minimum absolute atomic E-state index is 0.000267. The summed E-state index contributed by atoms with van der Waals surface area (Å²) in [6, 6.07) is 3.69. The minimum atomic E-state index is -4.75. The maximum Gasteiger partial charge on any atom is 0.416 e. The van der Waals surface area contributed by atoms with E-state index in [0.717, 1.165) is 28.6 Å². The van der Waals surface area contributed by atoms with Crippen molar-refractivity contribution in [3.63, 3.8) is 0 Å². The molecule has 0 aliphatic heterocycles. The summed E-state index contributed by atoms with van der Waals surface area (Å²) in [4.78, 5) is 10.3. The first-order valence-corrected chi connectivity index (χ1v) is 11.6. The van der Waals surface area contributed by atoms with E-state index in [1.807, 2.05) is 0 Å². The van der Waals surface area contributed by atoms with E-state index in [4.69, 9.17) is 9.84 Å². The Bertz CT molecular complexity index is 1150. The van der Waals surface area contributed by atoms with E-state index in [1.165, 1.54) is 7.05 Å². The average Bonchev–Trinajstić information content (AvgIpc) is 2.69. The quantitative estimate of drug-likeness (QED) is 0.534. The number of benzene rings is 2. The van der Waals surface area contributed by atoms with Gasteiger partial charge in [0.1, 0.15) is 11.6 Å². The molecule has 2 aromatic rings. The topological polar surface area (TPSA) is 83.9 Å². The zero-order valence-electron chi connectivity index (χ0n) is 16.6. The van der Waals surface area contributed by atoms with E-state index in [9.17, 15) is 30.8 Å². The van der Waals surface area contributed by atoms with Gasteiger partial charge < -0.3 is 9.84 Å². The summed E-state index contributed by atoms with van der Waals surface area (Å²) >= 11 is 2.92. The molecule has 0 aromatic heterocycles. The third kappa shape index (κ3) is 5.07. The van der Waals surface area contributed by atoms with Gasteiger partial charge in [0, 0.05) is 17.6 Å². The highest BCUT2D eigenvalue weighted by atomic mass is 79.9. The fourth-order valence-electron chi connectivity index (χ4n) is 3.68. The molecule has 1 aliphatic carbocycles. The molecule has 6 nitrogen and oxygen atoms in total. The van der Waals surface area contributed by atoms with Crippen LogP contribution >= 0.6 is 15.9 Å². The van der Waals surface area contributed by atoms with E-state index in [0.29, 0.717) is 30.9 Å². The number of nitrogens with zero attached hydrogens (tertiary/aromatic N) is 1. The number of alkyl halides is 3. The van der Waals surface area contributed by atoms with Gasteiger partial charge in [-0.3, -0.25) is 0 Å². The van der Waals surface area contributed by atoms with Gasteiger partial charge in [-0.05, 0) is 54.7 Å². The maximum atomic E-state index is 14.2. The Morgan fingerprint density at radius 2 is 1.94 bits per heavy atom. The van der Waals surface area contributed by atoms with Crippen LogP contribution in [0, 0.1) is 5.82 Å². The van der Waals surface area contributed by atoms with Crippen molar-refractivity contribution in [2.24, 2.45) is 0 Å². The highest BCUT2D eigenvalue weighted by molar-refractivity contribution is 9.10. The maximum absolute atomic E-state index is 14.2. The molecule has 12 heteroatoms. The Balaban J connectivity index is 2.04. The Labute approximate surface area is 190 Å². The van der Waals surface area contributed by atoms with Crippen molar-refractivity contribution < 1.29 is 40.6 Å². The van der Waals surface area contributed by atoms with Crippen molar-refractivity contribution in [2.45, 2.75) is 36.4 Å². The van der Waals surface area contributed by atoms with Crippen molar-refractivity contribution >= 4 is 31.9 Å². The number of rotatable bonds is 6. The van der Waals surface area contributed by atoms with E-state index < -0.39 is 51.1 Å². The Kier molecular flexibility index (Phi) is 6.87. The molecule has 0 saturated heterocycles. The lowest BCUT2D eigenvalue weighted by Gasteiger charge is -2.33. The van der Waals surface area contributed by atoms with Crippen molar-refractivity contribution in [1.29, 1.82) is 0 Å². The molecule has 0 bridgehead atoms. The SMILES string of the molecule is CN(C1CCCc2c(OCC(=O)O)cc(F)cc21)S(=O)(=O)c1cc(Br)cc(C(F)(F)F)c1. The standard InChI is InChI=1S/C20H18BrF4NO5S/c1-26(32(29,30)14-6-11(20(23,24)25)5-12(21)7-14)17-4-2-3-15-16(17)8-13(22)9-18(15)31-10-19(27)28/h5-9,17H,2-4,10H2,1H3,(H,27,28). The molecular formula is C20H18BrF4NO5S. The van der Waals surface area contributed by atoms with Gasteiger partial charge in [0.05, 0.1) is 16.5 Å². The molecule has 1 atom stereocenters. The van der Waals surface area contributed by atoms with Crippen LogP contribution in [0.2, 0.25) is 0 Å². The van der Waals surface area contributed by atoms with Crippen LogP contribution in [-0.2, 0) is 27.4 Å². The summed E-state index contributed by atoms with van der Waals surface area (Å²) in [5, 5.41) is 8.83. The first-order chi connectivity index (χ1) is 14.8. The van der Waals surface area contributed by atoms with Crippen molar-refractivity contribution in [3.8, 4) is 5.75 Å². The molecule has 32 heavy (non-hydrogen) atoms. The van der Waals surface area contributed by atoms with Gasteiger partial charge in [-0.1, -0.05) is 15.9 Å². The lowest BCUT2D eigenvalue weighted by molar-refractivity contribution is -0.139. The molecule has 1 aliphatic rings. The predicted molar refractivity (Wildman–Crippen MR) is 109 cm³/mol. The third-order valence-electron chi connectivity index (χ3n) is 5.14. The first kappa shape index (κ1) is 24.5. The normalized spacial score (nSPS) is 16.7. The minimum Gasteiger partial charge on any atom is -0.482 e. The van der Waals surface area contributed by atoms with Crippen LogP contribution in [0.15, 0.2) is 39.7 Å². The van der Waals surface area contributed by atoms with Crippen LogP contribution in [-0.4, -0.2) is 37.5 Å². The van der Waals surface area contributed by atoms with Crippen LogP contribution < -0.4 is 4.74 Å². The summed E-state index contributed by atoms with van der Waals surface area (Å²) in [5.41, 5.74) is -0.372. The molecule has 2 aromatic carbocycles. The molecule has 0 saturated carbocycles. The van der Waals surface area contributed by atoms with Gasteiger partial charge in [-0.2, -0.15) is 17.5 Å². The largest absolute Gasteiger partial charge is 0.482 e. The van der Waals surface area contributed by atoms with Gasteiger partial charge in [0.15, 0.2) is 6.61 Å². The molecule has 3 rings (SSSR count). The second-order valence-corrected chi connectivity index (χ2v) is 10.2. The van der Waals surface area contributed by atoms with Crippen LogP contribution in [0.3, 0.4) is 0 Å². The van der Waals surface area contributed by atoms with E-state index >= 15 is 0 Å². The molecule has 0 radical (unpaired) electrons. The third-order valence-corrected chi connectivity index (χ3v) is 7.44. The van der Waals surface area contributed by atoms with Gasteiger partial charge in [-0.25, -0.2) is 17.6 Å². The summed E-state index contributed by atoms with van der Waals surface area (Å²) < 4.78 is 86.2. The molecule has 0 amide bonds. The molecule has 1 unspecified atom stereocenters. The number of carbonyl (C=O) groups is 1. The zero-order valence-corrected chi connectivity index (χ0v) is 19.0. The lowest BCUT2D eigenvalue weighted by atomic mass is 9.87. The molecule has 0 heterocycles. The summed E-state index contributed by atoms with van der Waals surface area (Å²) in [7, 11) is -3.18. The number of carboxylic acids is 1. The van der Waals surface area contributed by atoms with Crippen LogP contribution in [0.25, 0.3) is 0 Å². The Hall–Kier alpha value is -2.18. The van der Waals surface area contributed by atoms with E-state index in [-0.39, 0.29) is 15.8 Å². The lowest BCUT2D eigenvalue weighted by Crippen LogP contribution is -2.34. The number of sulfonamides is 1. The van der Waals surface area contributed by atoms with Gasteiger partial charge >= 0.3 is 12.1 Å². The summed E-state index contributed by atoms with van der Waals surface area (Å²) in [5.74, 6) is -2.01.